The van der Waals surface area contributed by atoms with Crippen molar-refractivity contribution in [1.82, 2.24) is 5.32 Å². The lowest BCUT2D eigenvalue weighted by Crippen LogP contribution is -2.22. The molecule has 0 saturated heterocycles. The quantitative estimate of drug-likeness (QED) is 0.821. The summed E-state index contributed by atoms with van der Waals surface area (Å²) in [6, 6.07) is 6.02. The maximum Gasteiger partial charge on any atom is 0.138 e. The molecule has 0 unspecified atom stereocenters. The number of nitrogens with one attached hydrogen (secondary N) is 1. The summed E-state index contributed by atoms with van der Waals surface area (Å²) in [5.41, 5.74) is 2.29. The summed E-state index contributed by atoms with van der Waals surface area (Å²) < 4.78 is 11.0. The van der Waals surface area contributed by atoms with E-state index < -0.39 is 0 Å². The highest BCUT2D eigenvalue weighted by Crippen LogP contribution is 2.30. The first-order valence-corrected chi connectivity index (χ1v) is 6.17. The first kappa shape index (κ1) is 12.0. The molecule has 2 aromatic rings. The largest absolute Gasteiger partial charge is 0.497 e. The Kier molecular flexibility index (Phi) is 3.69. The van der Waals surface area contributed by atoms with Gasteiger partial charge in [-0.25, -0.2) is 0 Å². The molecule has 0 spiro atoms. The molecule has 17 heavy (non-hydrogen) atoms. The first-order chi connectivity index (χ1) is 8.38. The molecule has 1 aliphatic rings. The number of methoxy groups -OCH3 is 1. The predicted molar refractivity (Wildman–Crippen MR) is 69.5 cm³/mol. The molecule has 0 bridgehead atoms. The van der Waals surface area contributed by atoms with Crippen LogP contribution in [0.1, 0.15) is 25.2 Å². The summed E-state index contributed by atoms with van der Waals surface area (Å²) in [6.07, 6.45) is 1.05. The Hall–Kier alpha value is -1.48. The van der Waals surface area contributed by atoms with Crippen molar-refractivity contribution >= 4 is 11.0 Å². The molecule has 1 aliphatic heterocycles. The van der Waals surface area contributed by atoms with Crippen LogP contribution in [-0.2, 0) is 13.0 Å². The van der Waals surface area contributed by atoms with E-state index in [0.29, 0.717) is 0 Å². The molecular weight excluding hydrogens is 214 g/mol. The minimum absolute atomic E-state index is 0.840. The van der Waals surface area contributed by atoms with Crippen LogP contribution in [0.2, 0.25) is 0 Å². The van der Waals surface area contributed by atoms with Gasteiger partial charge in [0.2, 0.25) is 0 Å². The zero-order valence-electron chi connectivity index (χ0n) is 10.7. The fraction of sp³-hybridized carbons (Fsp3) is 0.429. The van der Waals surface area contributed by atoms with E-state index in [-0.39, 0.29) is 0 Å². The molecular formula is C14H19NO2. The second-order valence-electron chi connectivity index (χ2n) is 3.79. The molecule has 1 aromatic heterocycles. The lowest BCUT2D eigenvalue weighted by molar-refractivity contribution is 0.414. The summed E-state index contributed by atoms with van der Waals surface area (Å²) >= 11 is 0. The van der Waals surface area contributed by atoms with Crippen LogP contribution in [0.25, 0.3) is 11.0 Å². The highest BCUT2D eigenvalue weighted by molar-refractivity contribution is 5.83. The highest BCUT2D eigenvalue weighted by Gasteiger charge is 2.17. The summed E-state index contributed by atoms with van der Waals surface area (Å²) in [6.45, 7) is 5.87. The van der Waals surface area contributed by atoms with Gasteiger partial charge in [0.15, 0.2) is 0 Å². The van der Waals surface area contributed by atoms with Gasteiger partial charge in [0, 0.05) is 17.0 Å². The average Bonchev–Trinajstić information content (AvgIpc) is 2.78. The molecule has 3 rings (SSSR count). The molecule has 0 saturated carbocycles. The van der Waals surface area contributed by atoms with Crippen LogP contribution in [-0.4, -0.2) is 13.7 Å². The van der Waals surface area contributed by atoms with Crippen molar-refractivity contribution in [1.29, 1.82) is 0 Å². The van der Waals surface area contributed by atoms with Crippen molar-refractivity contribution in [2.75, 3.05) is 13.7 Å². The van der Waals surface area contributed by atoms with Crippen molar-refractivity contribution in [2.24, 2.45) is 0 Å². The third-order valence-corrected chi connectivity index (χ3v) is 2.92. The van der Waals surface area contributed by atoms with Crippen molar-refractivity contribution in [2.45, 2.75) is 26.8 Å². The molecule has 3 nitrogen and oxygen atoms in total. The fourth-order valence-corrected chi connectivity index (χ4v) is 2.14. The Labute approximate surface area is 102 Å². The third kappa shape index (κ3) is 2.15. The Morgan fingerprint density at radius 1 is 1.29 bits per heavy atom. The molecule has 0 aliphatic carbocycles. The maximum absolute atomic E-state index is 5.79. The standard InChI is InChI=1S/C12H13NO2.C2H6/c1-14-8-2-3-9-10-4-5-13-7-12(10)15-11(9)6-8;1-2/h2-3,6,13H,4-5,7H2,1H3;1-2H3. The van der Waals surface area contributed by atoms with E-state index in [2.05, 4.69) is 11.4 Å². The molecule has 2 heterocycles. The van der Waals surface area contributed by atoms with Crippen molar-refractivity contribution in [3.63, 3.8) is 0 Å². The van der Waals surface area contributed by atoms with Crippen LogP contribution in [0, 0.1) is 0 Å². The number of furan rings is 1. The number of fused-ring (bicyclic) bond motifs is 3. The van der Waals surface area contributed by atoms with Crippen LogP contribution in [0.15, 0.2) is 22.6 Å². The Bertz CT molecular complexity index is 502. The van der Waals surface area contributed by atoms with Gasteiger partial charge in [0.25, 0.3) is 0 Å². The van der Waals surface area contributed by atoms with Gasteiger partial charge in [-0.2, -0.15) is 0 Å². The van der Waals surface area contributed by atoms with Gasteiger partial charge in [0.05, 0.1) is 13.7 Å². The molecule has 0 fully saturated rings. The molecule has 3 heteroatoms. The lowest BCUT2D eigenvalue weighted by Gasteiger charge is -2.10. The SMILES string of the molecule is CC.COc1ccc2c3c(oc2c1)CNCC3. The Morgan fingerprint density at radius 3 is 2.88 bits per heavy atom. The molecule has 92 valence electrons. The van der Waals surface area contributed by atoms with E-state index in [9.17, 15) is 0 Å². The van der Waals surface area contributed by atoms with Crippen molar-refractivity contribution < 1.29 is 9.15 Å². The van der Waals surface area contributed by atoms with Crippen LogP contribution >= 0.6 is 0 Å². The van der Waals surface area contributed by atoms with E-state index in [1.807, 2.05) is 26.0 Å². The molecule has 0 radical (unpaired) electrons. The smallest absolute Gasteiger partial charge is 0.138 e. The summed E-state index contributed by atoms with van der Waals surface area (Å²) in [7, 11) is 1.67. The second-order valence-corrected chi connectivity index (χ2v) is 3.79. The zero-order valence-corrected chi connectivity index (χ0v) is 10.7. The maximum atomic E-state index is 5.79. The first-order valence-electron chi connectivity index (χ1n) is 6.17. The van der Waals surface area contributed by atoms with Gasteiger partial charge in [-0.15, -0.1) is 0 Å². The van der Waals surface area contributed by atoms with E-state index in [4.69, 9.17) is 9.15 Å². The Morgan fingerprint density at radius 2 is 2.12 bits per heavy atom. The third-order valence-electron chi connectivity index (χ3n) is 2.92. The van der Waals surface area contributed by atoms with Crippen LogP contribution in [0.5, 0.6) is 5.75 Å². The summed E-state index contributed by atoms with van der Waals surface area (Å²) in [4.78, 5) is 0. The Balaban J connectivity index is 0.000000514. The normalized spacial score (nSPS) is 13.8. The lowest BCUT2D eigenvalue weighted by atomic mass is 10.0. The number of hydrogen-bond acceptors (Lipinski definition) is 3. The van der Waals surface area contributed by atoms with Gasteiger partial charge in [0.1, 0.15) is 17.1 Å². The summed E-state index contributed by atoms with van der Waals surface area (Å²) in [5, 5.41) is 4.53. The predicted octanol–water partition coefficient (Wildman–Crippen LogP) is 3.11. The topological polar surface area (TPSA) is 34.4 Å². The number of ether oxygens (including phenoxy) is 1. The molecule has 0 amide bonds. The molecule has 1 N–H and O–H groups in total. The van der Waals surface area contributed by atoms with Gasteiger partial charge >= 0.3 is 0 Å². The van der Waals surface area contributed by atoms with E-state index in [0.717, 1.165) is 36.6 Å². The van der Waals surface area contributed by atoms with Gasteiger partial charge in [-0.05, 0) is 25.1 Å². The minimum atomic E-state index is 0.840. The number of hydrogen-bond donors (Lipinski definition) is 1. The second kappa shape index (κ2) is 5.23. The zero-order chi connectivity index (χ0) is 12.3. The number of rotatable bonds is 1. The van der Waals surface area contributed by atoms with Crippen LogP contribution in [0.3, 0.4) is 0 Å². The number of benzene rings is 1. The van der Waals surface area contributed by atoms with Gasteiger partial charge in [-0.1, -0.05) is 13.8 Å². The van der Waals surface area contributed by atoms with Gasteiger partial charge in [-0.3, -0.25) is 0 Å². The average molecular weight is 233 g/mol. The van der Waals surface area contributed by atoms with Crippen molar-refractivity contribution in [3.8, 4) is 5.75 Å². The summed E-state index contributed by atoms with van der Waals surface area (Å²) in [5.74, 6) is 1.92. The monoisotopic (exact) mass is 233 g/mol. The fourth-order valence-electron chi connectivity index (χ4n) is 2.14. The van der Waals surface area contributed by atoms with Crippen LogP contribution < -0.4 is 10.1 Å². The molecule has 0 atom stereocenters. The van der Waals surface area contributed by atoms with Gasteiger partial charge < -0.3 is 14.5 Å². The van der Waals surface area contributed by atoms with E-state index in [1.54, 1.807) is 7.11 Å². The highest BCUT2D eigenvalue weighted by atomic mass is 16.5. The minimum Gasteiger partial charge on any atom is -0.497 e. The van der Waals surface area contributed by atoms with Crippen molar-refractivity contribution in [3.05, 3.63) is 29.5 Å². The van der Waals surface area contributed by atoms with Crippen LogP contribution in [0.4, 0.5) is 0 Å². The van der Waals surface area contributed by atoms with E-state index in [1.165, 1.54) is 10.9 Å². The van der Waals surface area contributed by atoms with E-state index >= 15 is 0 Å². The molecule has 1 aromatic carbocycles.